The number of rotatable bonds is 4. The Labute approximate surface area is 92.6 Å². The van der Waals surface area contributed by atoms with Gasteiger partial charge >= 0.3 is 0 Å². The Bertz CT molecular complexity index is 328. The van der Waals surface area contributed by atoms with Gasteiger partial charge in [0.25, 0.3) is 0 Å². The smallest absolute Gasteiger partial charge is 0.234 e. The van der Waals surface area contributed by atoms with Crippen molar-refractivity contribution in [1.29, 1.82) is 0 Å². The first-order chi connectivity index (χ1) is 6.65. The molecule has 0 radical (unpaired) electrons. The number of carbonyl (C=O) groups is 1. The average Bonchev–Trinajstić information content (AvgIpc) is 2.18. The molecule has 0 aliphatic heterocycles. The largest absolute Gasteiger partial charge is 0.496 e. The predicted octanol–water partition coefficient (Wildman–Crippen LogP) is 2.94. The molecule has 1 aromatic carbocycles. The summed E-state index contributed by atoms with van der Waals surface area (Å²) >= 11 is 6.77. The van der Waals surface area contributed by atoms with Crippen LogP contribution in [0, 0.1) is 0 Å². The highest BCUT2D eigenvalue weighted by molar-refractivity contribution is 8.00. The zero-order valence-electron chi connectivity index (χ0n) is 7.99. The van der Waals surface area contributed by atoms with Crippen molar-refractivity contribution in [2.45, 2.75) is 17.1 Å². The summed E-state index contributed by atoms with van der Waals surface area (Å²) in [7, 11) is 1.60. The van der Waals surface area contributed by atoms with E-state index in [0.29, 0.717) is 0 Å². The van der Waals surface area contributed by atoms with Gasteiger partial charge in [-0.25, -0.2) is 0 Å². The van der Waals surface area contributed by atoms with Crippen LogP contribution in [0.25, 0.3) is 0 Å². The fraction of sp³-hybridized carbons (Fsp3) is 0.300. The van der Waals surface area contributed by atoms with E-state index < -0.39 is 0 Å². The van der Waals surface area contributed by atoms with E-state index in [1.165, 1.54) is 11.8 Å². The lowest BCUT2D eigenvalue weighted by molar-refractivity contribution is -0.111. The highest BCUT2D eigenvalue weighted by Gasteiger charge is 2.13. The molecule has 0 spiro atoms. The molecule has 1 atom stereocenters. The molecule has 14 heavy (non-hydrogen) atoms. The van der Waals surface area contributed by atoms with Crippen molar-refractivity contribution >= 4 is 28.6 Å². The van der Waals surface area contributed by atoms with Gasteiger partial charge in [0.2, 0.25) is 5.24 Å². The summed E-state index contributed by atoms with van der Waals surface area (Å²) in [5.74, 6) is 0.766. The number of thioether (sulfide) groups is 1. The predicted molar refractivity (Wildman–Crippen MR) is 59.2 cm³/mol. The average molecular weight is 231 g/mol. The van der Waals surface area contributed by atoms with Crippen LogP contribution in [0.15, 0.2) is 29.2 Å². The molecule has 1 rings (SSSR count). The van der Waals surface area contributed by atoms with Crippen LogP contribution in [0.2, 0.25) is 0 Å². The fourth-order valence-corrected chi connectivity index (χ4v) is 1.98. The number of halogens is 1. The lowest BCUT2D eigenvalue weighted by Gasteiger charge is -2.09. The van der Waals surface area contributed by atoms with Crippen molar-refractivity contribution in [1.82, 2.24) is 0 Å². The molecule has 0 heterocycles. The van der Waals surface area contributed by atoms with Gasteiger partial charge in [0.15, 0.2) is 0 Å². The maximum absolute atomic E-state index is 10.9. The second kappa shape index (κ2) is 5.27. The van der Waals surface area contributed by atoms with Crippen LogP contribution >= 0.6 is 23.4 Å². The minimum absolute atomic E-state index is 0.257. The summed E-state index contributed by atoms with van der Waals surface area (Å²) in [6, 6.07) is 7.54. The summed E-state index contributed by atoms with van der Waals surface area (Å²) in [6.07, 6.45) is 0. The molecule has 0 aliphatic carbocycles. The van der Waals surface area contributed by atoms with Crippen molar-refractivity contribution in [3.63, 3.8) is 0 Å². The molecule has 0 aliphatic rings. The van der Waals surface area contributed by atoms with Crippen molar-refractivity contribution in [2.24, 2.45) is 0 Å². The standard InChI is InChI=1S/C10H11ClO2S/c1-7(10(11)12)14-9-6-4-3-5-8(9)13-2/h3-7H,1-2H3. The minimum atomic E-state index is -0.346. The zero-order valence-corrected chi connectivity index (χ0v) is 9.56. The van der Waals surface area contributed by atoms with Crippen molar-refractivity contribution < 1.29 is 9.53 Å². The minimum Gasteiger partial charge on any atom is -0.496 e. The van der Waals surface area contributed by atoms with E-state index in [0.717, 1.165) is 10.6 Å². The Morgan fingerprint density at radius 2 is 2.14 bits per heavy atom. The van der Waals surface area contributed by atoms with Gasteiger partial charge in [0, 0.05) is 0 Å². The first-order valence-electron chi connectivity index (χ1n) is 4.14. The molecular weight excluding hydrogens is 220 g/mol. The topological polar surface area (TPSA) is 26.3 Å². The van der Waals surface area contributed by atoms with E-state index in [1.54, 1.807) is 14.0 Å². The molecule has 0 saturated heterocycles. The Balaban J connectivity index is 2.80. The first kappa shape index (κ1) is 11.4. The van der Waals surface area contributed by atoms with Crippen LogP contribution < -0.4 is 4.74 Å². The fourth-order valence-electron chi connectivity index (χ4n) is 0.953. The van der Waals surface area contributed by atoms with Crippen molar-refractivity contribution in [3.8, 4) is 5.75 Å². The third kappa shape index (κ3) is 2.93. The molecule has 0 bridgehead atoms. The third-order valence-corrected chi connectivity index (χ3v) is 3.31. The van der Waals surface area contributed by atoms with Crippen LogP contribution in [-0.4, -0.2) is 17.6 Å². The number of hydrogen-bond donors (Lipinski definition) is 0. The van der Waals surface area contributed by atoms with E-state index in [4.69, 9.17) is 16.3 Å². The second-order valence-electron chi connectivity index (χ2n) is 2.72. The molecule has 1 unspecified atom stereocenters. The van der Waals surface area contributed by atoms with Crippen LogP contribution in [-0.2, 0) is 4.79 Å². The quantitative estimate of drug-likeness (QED) is 0.588. The van der Waals surface area contributed by atoms with Gasteiger partial charge in [-0.3, -0.25) is 4.79 Å². The highest BCUT2D eigenvalue weighted by Crippen LogP contribution is 2.32. The van der Waals surface area contributed by atoms with Crippen LogP contribution in [0.3, 0.4) is 0 Å². The number of hydrogen-bond acceptors (Lipinski definition) is 3. The Kier molecular flexibility index (Phi) is 4.29. The normalized spacial score (nSPS) is 12.2. The molecule has 0 amide bonds. The van der Waals surface area contributed by atoms with Crippen molar-refractivity contribution in [2.75, 3.05) is 7.11 Å². The Morgan fingerprint density at radius 3 is 2.71 bits per heavy atom. The highest BCUT2D eigenvalue weighted by atomic mass is 35.5. The van der Waals surface area contributed by atoms with E-state index in [1.807, 2.05) is 24.3 Å². The third-order valence-electron chi connectivity index (χ3n) is 1.69. The van der Waals surface area contributed by atoms with Gasteiger partial charge in [-0.1, -0.05) is 12.1 Å². The Morgan fingerprint density at radius 1 is 1.50 bits per heavy atom. The molecule has 0 aromatic heterocycles. The van der Waals surface area contributed by atoms with Gasteiger partial charge in [-0.15, -0.1) is 11.8 Å². The molecule has 0 fully saturated rings. The van der Waals surface area contributed by atoms with Crippen LogP contribution in [0.5, 0.6) is 5.75 Å². The lowest BCUT2D eigenvalue weighted by atomic mass is 10.3. The number of carbonyl (C=O) groups excluding carboxylic acids is 1. The second-order valence-corrected chi connectivity index (χ2v) is 4.47. The maximum Gasteiger partial charge on any atom is 0.234 e. The van der Waals surface area contributed by atoms with E-state index in [-0.39, 0.29) is 10.5 Å². The monoisotopic (exact) mass is 230 g/mol. The first-order valence-corrected chi connectivity index (χ1v) is 5.40. The maximum atomic E-state index is 10.9. The lowest BCUT2D eigenvalue weighted by Crippen LogP contribution is -2.05. The van der Waals surface area contributed by atoms with Crippen molar-refractivity contribution in [3.05, 3.63) is 24.3 Å². The number of benzene rings is 1. The van der Waals surface area contributed by atoms with E-state index in [2.05, 4.69) is 0 Å². The Hall–Kier alpha value is -0.670. The molecule has 0 saturated carbocycles. The van der Waals surface area contributed by atoms with E-state index in [9.17, 15) is 4.79 Å². The summed E-state index contributed by atoms with van der Waals surface area (Å²) < 4.78 is 5.15. The SMILES string of the molecule is COc1ccccc1SC(C)C(=O)Cl. The molecule has 0 N–H and O–H groups in total. The van der Waals surface area contributed by atoms with Gasteiger partial charge in [-0.05, 0) is 30.7 Å². The number of methoxy groups -OCH3 is 1. The van der Waals surface area contributed by atoms with Crippen LogP contribution in [0.1, 0.15) is 6.92 Å². The zero-order chi connectivity index (χ0) is 10.6. The van der Waals surface area contributed by atoms with Crippen LogP contribution in [0.4, 0.5) is 0 Å². The number of para-hydroxylation sites is 1. The van der Waals surface area contributed by atoms with Gasteiger partial charge < -0.3 is 4.74 Å². The molecule has 76 valence electrons. The summed E-state index contributed by atoms with van der Waals surface area (Å²) in [6.45, 7) is 1.77. The molecular formula is C10H11ClO2S. The van der Waals surface area contributed by atoms with Gasteiger partial charge in [0.1, 0.15) is 5.75 Å². The van der Waals surface area contributed by atoms with E-state index >= 15 is 0 Å². The molecule has 1 aromatic rings. The summed E-state index contributed by atoms with van der Waals surface area (Å²) in [4.78, 5) is 11.8. The molecule has 2 nitrogen and oxygen atoms in total. The van der Waals surface area contributed by atoms with Gasteiger partial charge in [-0.2, -0.15) is 0 Å². The number of ether oxygens (including phenoxy) is 1. The summed E-state index contributed by atoms with van der Waals surface area (Å²) in [5.41, 5.74) is 0. The summed E-state index contributed by atoms with van der Waals surface area (Å²) in [5, 5.41) is -0.603. The van der Waals surface area contributed by atoms with Gasteiger partial charge in [0.05, 0.1) is 17.3 Å². The molecule has 4 heteroatoms.